The van der Waals surface area contributed by atoms with Gasteiger partial charge in [-0.15, -0.1) is 0 Å². The van der Waals surface area contributed by atoms with Crippen molar-refractivity contribution in [2.75, 3.05) is 0 Å². The highest BCUT2D eigenvalue weighted by Gasteiger charge is 2.43. The van der Waals surface area contributed by atoms with Crippen molar-refractivity contribution in [2.45, 2.75) is 75.0 Å². The summed E-state index contributed by atoms with van der Waals surface area (Å²) >= 11 is 0. The summed E-state index contributed by atoms with van der Waals surface area (Å²) in [5.41, 5.74) is 6.09. The molecule has 0 heterocycles. The van der Waals surface area contributed by atoms with E-state index in [0.717, 1.165) is 0 Å². The van der Waals surface area contributed by atoms with Crippen molar-refractivity contribution >= 4 is 0 Å². The Labute approximate surface area is 182 Å². The summed E-state index contributed by atoms with van der Waals surface area (Å²) in [6.45, 7) is 0. The molecule has 0 aromatic heterocycles. The lowest BCUT2D eigenvalue weighted by Crippen LogP contribution is -2.37. The van der Waals surface area contributed by atoms with E-state index in [4.69, 9.17) is 0 Å². The number of hydrogen-bond acceptors (Lipinski definition) is 0. The van der Waals surface area contributed by atoms with Gasteiger partial charge in [-0.2, -0.15) is 0 Å². The summed E-state index contributed by atoms with van der Waals surface area (Å²) in [4.78, 5) is 0. The van der Waals surface area contributed by atoms with Gasteiger partial charge in [0.2, 0.25) is 0 Å². The Morgan fingerprint density at radius 2 is 0.867 bits per heavy atom. The molecule has 0 heteroatoms. The Hall–Kier alpha value is -2.34. The molecule has 3 aromatic rings. The van der Waals surface area contributed by atoms with Crippen molar-refractivity contribution in [3.63, 3.8) is 0 Å². The highest BCUT2D eigenvalue weighted by molar-refractivity contribution is 5.51. The molecule has 2 saturated carbocycles. The van der Waals surface area contributed by atoms with Crippen LogP contribution in [0.5, 0.6) is 0 Å². The smallest absolute Gasteiger partial charge is 0.0212 e. The minimum atomic E-state index is 0.0926. The van der Waals surface area contributed by atoms with Gasteiger partial charge in [-0.25, -0.2) is 0 Å². The van der Waals surface area contributed by atoms with E-state index in [1.54, 1.807) is 11.1 Å². The third-order valence-corrected chi connectivity index (χ3v) is 7.82. The van der Waals surface area contributed by atoms with Gasteiger partial charge >= 0.3 is 0 Å². The number of rotatable bonds is 4. The summed E-state index contributed by atoms with van der Waals surface area (Å²) in [5, 5.41) is 0. The molecule has 2 aliphatic carbocycles. The van der Waals surface area contributed by atoms with E-state index in [1.807, 2.05) is 0 Å². The average molecular weight is 393 g/mol. The van der Waals surface area contributed by atoms with E-state index < -0.39 is 0 Å². The summed E-state index contributed by atoms with van der Waals surface area (Å²) < 4.78 is 0. The van der Waals surface area contributed by atoms with Gasteiger partial charge in [-0.1, -0.05) is 111 Å². The Morgan fingerprint density at radius 3 is 1.23 bits per heavy atom. The molecular weight excluding hydrogens is 360 g/mol. The quantitative estimate of drug-likeness (QED) is 0.425. The maximum absolute atomic E-state index is 3.65. The van der Waals surface area contributed by atoms with Crippen LogP contribution in [0.2, 0.25) is 0 Å². The lowest BCUT2D eigenvalue weighted by atomic mass is 9.58. The Kier molecular flexibility index (Phi) is 5.50. The minimum absolute atomic E-state index is 0.0926. The molecule has 2 aliphatic rings. The van der Waals surface area contributed by atoms with Crippen molar-refractivity contribution in [3.8, 4) is 0 Å². The van der Waals surface area contributed by atoms with Crippen molar-refractivity contribution in [1.82, 2.24) is 0 Å². The normalized spacial score (nSPS) is 20.5. The van der Waals surface area contributed by atoms with E-state index in [9.17, 15) is 0 Å². The Bertz CT molecular complexity index is 861. The monoisotopic (exact) mass is 392 g/mol. The zero-order valence-corrected chi connectivity index (χ0v) is 18.0. The second-order valence-corrected chi connectivity index (χ2v) is 9.38. The van der Waals surface area contributed by atoms with Gasteiger partial charge in [0.1, 0.15) is 0 Å². The van der Waals surface area contributed by atoms with Gasteiger partial charge in [0.05, 0.1) is 0 Å². The second-order valence-electron chi connectivity index (χ2n) is 9.38. The average Bonchev–Trinajstić information content (AvgIpc) is 2.86. The predicted molar refractivity (Wildman–Crippen MR) is 125 cm³/mol. The molecule has 2 fully saturated rings. The summed E-state index contributed by atoms with van der Waals surface area (Å²) in [5.74, 6) is 0. The first-order valence-electron chi connectivity index (χ1n) is 11.9. The van der Waals surface area contributed by atoms with Gasteiger partial charge in [0.15, 0.2) is 0 Å². The van der Waals surface area contributed by atoms with Crippen LogP contribution >= 0.6 is 0 Å². The van der Waals surface area contributed by atoms with Crippen LogP contribution in [0.15, 0.2) is 72.8 Å². The fourth-order valence-electron chi connectivity index (χ4n) is 6.38. The Balaban J connectivity index is 1.73. The maximum Gasteiger partial charge on any atom is 0.0212 e. The van der Waals surface area contributed by atoms with E-state index in [0.29, 0.717) is 0 Å². The van der Waals surface area contributed by atoms with Gasteiger partial charge in [-0.05, 0) is 60.1 Å². The molecule has 3 aromatic carbocycles. The summed E-state index contributed by atoms with van der Waals surface area (Å²) in [6.07, 6.45) is 12.9. The standard InChI is InChI=1S/C30H32/c1-5-15-25(16-6-1)29(21-11-3-12-22-29)27-19-9-10-20-28(27)30(23-13-4-14-24-30)26-17-7-2-8-18-26/h1-2,5-10,15,17,19-20H,3-4,11-14,21-24H2. The third-order valence-electron chi connectivity index (χ3n) is 7.82. The maximum atomic E-state index is 3.65. The SMILES string of the molecule is [c]1ccccc1C1(c2ccccc2C2(c3[c]cccc3)CCCCC2)CCCCC1. The molecule has 0 bridgehead atoms. The van der Waals surface area contributed by atoms with Crippen LogP contribution in [0.4, 0.5) is 0 Å². The van der Waals surface area contributed by atoms with Crippen molar-refractivity contribution in [2.24, 2.45) is 0 Å². The van der Waals surface area contributed by atoms with Crippen LogP contribution in [-0.4, -0.2) is 0 Å². The molecule has 0 spiro atoms. The summed E-state index contributed by atoms with van der Waals surface area (Å²) in [6, 6.07) is 34.2. The molecule has 0 unspecified atom stereocenters. The lowest BCUT2D eigenvalue weighted by molar-refractivity contribution is 0.315. The number of benzene rings is 3. The zero-order valence-electron chi connectivity index (χ0n) is 18.0. The molecule has 0 aliphatic heterocycles. The first kappa shape index (κ1) is 19.6. The van der Waals surface area contributed by atoms with Gasteiger partial charge < -0.3 is 0 Å². The van der Waals surface area contributed by atoms with Crippen molar-refractivity contribution in [3.05, 3.63) is 107 Å². The molecule has 30 heavy (non-hydrogen) atoms. The predicted octanol–water partition coefficient (Wildman–Crippen LogP) is 7.79. The van der Waals surface area contributed by atoms with Crippen LogP contribution in [0.25, 0.3) is 0 Å². The topological polar surface area (TPSA) is 0 Å². The van der Waals surface area contributed by atoms with Crippen LogP contribution in [0.1, 0.15) is 86.5 Å². The van der Waals surface area contributed by atoms with E-state index >= 15 is 0 Å². The van der Waals surface area contributed by atoms with Gasteiger partial charge in [0.25, 0.3) is 0 Å². The largest absolute Gasteiger partial charge is 0.0619 e. The van der Waals surface area contributed by atoms with E-state index in [-0.39, 0.29) is 10.8 Å². The molecule has 0 nitrogen and oxygen atoms in total. The highest BCUT2D eigenvalue weighted by Crippen LogP contribution is 2.52. The highest BCUT2D eigenvalue weighted by atomic mass is 14.5. The zero-order chi connectivity index (χ0) is 20.3. The summed E-state index contributed by atoms with van der Waals surface area (Å²) in [7, 11) is 0. The Morgan fingerprint density at radius 1 is 0.467 bits per heavy atom. The van der Waals surface area contributed by atoms with Crippen molar-refractivity contribution in [1.29, 1.82) is 0 Å². The van der Waals surface area contributed by atoms with Crippen LogP contribution in [-0.2, 0) is 10.8 Å². The van der Waals surface area contributed by atoms with Gasteiger partial charge in [0, 0.05) is 10.8 Å². The molecule has 0 saturated heterocycles. The lowest BCUT2D eigenvalue weighted by Gasteiger charge is -2.45. The number of hydrogen-bond donors (Lipinski definition) is 0. The molecule has 0 N–H and O–H groups in total. The molecule has 2 radical (unpaired) electrons. The molecule has 5 rings (SSSR count). The molecule has 0 amide bonds. The first-order chi connectivity index (χ1) is 14.9. The van der Waals surface area contributed by atoms with E-state index in [2.05, 4.69) is 84.9 Å². The third kappa shape index (κ3) is 3.31. The fraction of sp³-hybridized carbons (Fsp3) is 0.400. The second kappa shape index (κ2) is 8.42. The van der Waals surface area contributed by atoms with Crippen LogP contribution < -0.4 is 0 Å². The molecular formula is C30H32. The first-order valence-corrected chi connectivity index (χ1v) is 11.9. The fourth-order valence-corrected chi connectivity index (χ4v) is 6.38. The van der Waals surface area contributed by atoms with Crippen LogP contribution in [0.3, 0.4) is 0 Å². The minimum Gasteiger partial charge on any atom is -0.0619 e. The molecule has 0 atom stereocenters. The van der Waals surface area contributed by atoms with Gasteiger partial charge in [-0.3, -0.25) is 0 Å². The van der Waals surface area contributed by atoms with E-state index in [1.165, 1.54) is 75.3 Å². The molecule has 152 valence electrons. The van der Waals surface area contributed by atoms with Crippen molar-refractivity contribution < 1.29 is 0 Å². The van der Waals surface area contributed by atoms with Crippen LogP contribution in [0, 0.1) is 12.1 Å².